The number of rotatable bonds is 13. The molecule has 4 N–H and O–H groups in total. The molecule has 49 heavy (non-hydrogen) atoms. The first kappa shape index (κ1) is 36.4. The van der Waals surface area contributed by atoms with E-state index in [0.717, 1.165) is 64.2 Å². The summed E-state index contributed by atoms with van der Waals surface area (Å²) < 4.78 is 0. The summed E-state index contributed by atoms with van der Waals surface area (Å²) in [7, 11) is 0. The zero-order chi connectivity index (χ0) is 35.3. The molecule has 4 fully saturated rings. The van der Waals surface area contributed by atoms with Crippen molar-refractivity contribution >= 4 is 35.3 Å². The topological polar surface area (TPSA) is 180 Å². The van der Waals surface area contributed by atoms with Crippen molar-refractivity contribution in [2.24, 2.45) is 23.2 Å². The Bertz CT molecular complexity index is 1390. The quantitative estimate of drug-likeness (QED) is 0.230. The molecular weight excluding hydrogens is 626 g/mol. The Morgan fingerprint density at radius 1 is 0.898 bits per heavy atom. The van der Waals surface area contributed by atoms with E-state index in [1.807, 2.05) is 27.7 Å². The van der Waals surface area contributed by atoms with Crippen LogP contribution < -0.4 is 21.3 Å². The predicted octanol–water partition coefficient (Wildman–Crippen LogP) is 2.45. The third-order valence-electron chi connectivity index (χ3n) is 10.7. The normalized spacial score (nSPS) is 24.2. The fourth-order valence-electron chi connectivity index (χ4n) is 7.87. The van der Waals surface area contributed by atoms with E-state index < -0.39 is 59.0 Å². The van der Waals surface area contributed by atoms with Gasteiger partial charge in [-0.05, 0) is 68.1 Å². The van der Waals surface area contributed by atoms with Gasteiger partial charge in [0.05, 0.1) is 12.2 Å². The minimum atomic E-state index is -0.994. The highest BCUT2D eigenvalue weighted by Crippen LogP contribution is 2.43. The molecule has 5 rings (SSSR count). The summed E-state index contributed by atoms with van der Waals surface area (Å²) in [6.07, 6.45) is 13.9. The SMILES string of the molecule is CCC[C@H](NC(=O)[C@@H]1[C@H]2CCC[C@@H]2CN1C(=O)[C@@H](NC(=O)[C@@H](NC(=O)c1cnccn1)C1CCCCC1)C(C)(C)C)C(=O)C(=O)NC1CC1. The van der Waals surface area contributed by atoms with Gasteiger partial charge in [-0.2, -0.15) is 0 Å². The number of fused-ring (bicyclic) bond motifs is 1. The molecule has 1 aromatic rings. The maximum absolute atomic E-state index is 14.6. The smallest absolute Gasteiger partial charge is 0.289 e. The summed E-state index contributed by atoms with van der Waals surface area (Å²) in [4.78, 5) is 91.4. The summed E-state index contributed by atoms with van der Waals surface area (Å²) in [5.74, 6) is -3.20. The Morgan fingerprint density at radius 3 is 2.27 bits per heavy atom. The molecule has 3 saturated carbocycles. The van der Waals surface area contributed by atoms with Gasteiger partial charge in [-0.25, -0.2) is 4.98 Å². The molecule has 1 saturated heterocycles. The zero-order valence-corrected chi connectivity index (χ0v) is 29.3. The van der Waals surface area contributed by atoms with E-state index >= 15 is 0 Å². The summed E-state index contributed by atoms with van der Waals surface area (Å²) in [6.45, 7) is 7.85. The van der Waals surface area contributed by atoms with Crippen molar-refractivity contribution in [3.05, 3.63) is 24.3 Å². The van der Waals surface area contributed by atoms with Crippen molar-refractivity contribution in [3.8, 4) is 0 Å². The molecule has 0 unspecified atom stereocenters. The first-order valence-electron chi connectivity index (χ1n) is 18.2. The minimum absolute atomic E-state index is 0.0132. The Labute approximate surface area is 288 Å². The molecular formula is C36H53N7O6. The van der Waals surface area contributed by atoms with Crippen LogP contribution in [0.3, 0.4) is 0 Å². The van der Waals surface area contributed by atoms with Gasteiger partial charge in [0, 0.05) is 25.0 Å². The number of hydrogen-bond acceptors (Lipinski definition) is 8. The number of likely N-dealkylation sites (tertiary alicyclic amines) is 1. The van der Waals surface area contributed by atoms with Crippen molar-refractivity contribution in [1.29, 1.82) is 0 Å². The molecule has 13 heteroatoms. The van der Waals surface area contributed by atoms with Gasteiger partial charge in [0.2, 0.25) is 23.5 Å². The molecule has 268 valence electrons. The molecule has 1 aliphatic heterocycles. The van der Waals surface area contributed by atoms with Gasteiger partial charge in [0.25, 0.3) is 11.8 Å². The van der Waals surface area contributed by atoms with E-state index in [0.29, 0.717) is 19.4 Å². The third kappa shape index (κ3) is 8.83. The van der Waals surface area contributed by atoms with Gasteiger partial charge in [-0.3, -0.25) is 33.8 Å². The number of ketones is 1. The lowest BCUT2D eigenvalue weighted by atomic mass is 9.82. The van der Waals surface area contributed by atoms with E-state index in [9.17, 15) is 28.8 Å². The molecule has 3 aliphatic carbocycles. The van der Waals surface area contributed by atoms with Gasteiger partial charge in [0.15, 0.2) is 0 Å². The molecule has 0 bridgehead atoms. The maximum Gasteiger partial charge on any atom is 0.289 e. The highest BCUT2D eigenvalue weighted by atomic mass is 16.2. The number of Topliss-reactive ketones (excluding diaryl/α,β-unsaturated/α-hetero) is 1. The van der Waals surface area contributed by atoms with Crippen LogP contribution in [-0.2, 0) is 24.0 Å². The van der Waals surface area contributed by atoms with Crippen molar-refractivity contribution < 1.29 is 28.8 Å². The highest BCUT2D eigenvalue weighted by molar-refractivity contribution is 6.38. The number of amides is 5. The number of hydrogen-bond donors (Lipinski definition) is 4. The number of nitrogens with one attached hydrogen (secondary N) is 4. The van der Waals surface area contributed by atoms with Crippen LogP contribution in [0.2, 0.25) is 0 Å². The number of nitrogens with zero attached hydrogens (tertiary/aromatic N) is 3. The molecule has 4 aliphatic rings. The average Bonchev–Trinajstić information content (AvgIpc) is 3.65. The zero-order valence-electron chi connectivity index (χ0n) is 29.3. The summed E-state index contributed by atoms with van der Waals surface area (Å²) in [6, 6.07) is -3.68. The number of aromatic nitrogens is 2. The van der Waals surface area contributed by atoms with Crippen LogP contribution in [0.15, 0.2) is 18.6 Å². The highest BCUT2D eigenvalue weighted by Gasteiger charge is 2.52. The van der Waals surface area contributed by atoms with Crippen molar-refractivity contribution in [3.63, 3.8) is 0 Å². The van der Waals surface area contributed by atoms with Crippen LogP contribution in [-0.4, -0.2) is 86.9 Å². The van der Waals surface area contributed by atoms with Crippen LogP contribution in [0.4, 0.5) is 0 Å². The van der Waals surface area contributed by atoms with E-state index in [-0.39, 0.29) is 35.4 Å². The average molecular weight is 680 g/mol. The lowest BCUT2D eigenvalue weighted by molar-refractivity contribution is -0.146. The fourth-order valence-corrected chi connectivity index (χ4v) is 7.87. The molecule has 6 atom stereocenters. The van der Waals surface area contributed by atoms with Crippen LogP contribution in [0.1, 0.15) is 115 Å². The molecule has 1 aromatic heterocycles. The number of carbonyl (C=O) groups excluding carboxylic acids is 6. The standard InChI is InChI=1S/C36H53N7O6/c1-5-10-25(29(44)34(48)39-23-15-16-23)40-33(47)28-24-14-9-13-22(24)20-43(28)35(49)30(36(2,3)4)42-32(46)27(21-11-7-6-8-12-21)41-31(45)26-19-37-17-18-38-26/h17-19,21-25,27-28,30H,5-16,20H2,1-4H3,(H,39,48)(H,40,47)(H,41,45)(H,42,46)/t22-,24+,25+,27+,28+,30-/m1/s1. The molecule has 5 amide bonds. The van der Waals surface area contributed by atoms with Gasteiger partial charge in [-0.15, -0.1) is 0 Å². The van der Waals surface area contributed by atoms with E-state index in [1.165, 1.54) is 18.6 Å². The monoisotopic (exact) mass is 679 g/mol. The molecule has 0 radical (unpaired) electrons. The molecule has 2 heterocycles. The maximum atomic E-state index is 14.6. The Morgan fingerprint density at radius 2 is 1.63 bits per heavy atom. The Kier molecular flexibility index (Phi) is 11.7. The summed E-state index contributed by atoms with van der Waals surface area (Å²) in [5.41, 5.74) is -0.638. The fraction of sp³-hybridized carbons (Fsp3) is 0.722. The second-order valence-corrected chi connectivity index (χ2v) is 15.5. The van der Waals surface area contributed by atoms with Gasteiger partial charge in [-0.1, -0.05) is 59.8 Å². The van der Waals surface area contributed by atoms with Gasteiger partial charge < -0.3 is 26.2 Å². The first-order valence-corrected chi connectivity index (χ1v) is 18.2. The molecule has 0 spiro atoms. The third-order valence-corrected chi connectivity index (χ3v) is 10.7. The van der Waals surface area contributed by atoms with E-state index in [1.54, 1.807) is 4.90 Å². The van der Waals surface area contributed by atoms with Crippen LogP contribution in [0, 0.1) is 23.2 Å². The van der Waals surface area contributed by atoms with Crippen LogP contribution in [0.25, 0.3) is 0 Å². The van der Waals surface area contributed by atoms with Gasteiger partial charge in [0.1, 0.15) is 23.8 Å². The van der Waals surface area contributed by atoms with Crippen molar-refractivity contribution in [1.82, 2.24) is 36.1 Å². The Hall–Kier alpha value is -3.90. The van der Waals surface area contributed by atoms with Crippen LogP contribution >= 0.6 is 0 Å². The summed E-state index contributed by atoms with van der Waals surface area (Å²) in [5, 5.41) is 11.5. The lowest BCUT2D eigenvalue weighted by Crippen LogP contribution is -2.62. The van der Waals surface area contributed by atoms with Crippen molar-refractivity contribution in [2.75, 3.05) is 6.54 Å². The largest absolute Gasteiger partial charge is 0.347 e. The van der Waals surface area contributed by atoms with Gasteiger partial charge >= 0.3 is 0 Å². The first-order chi connectivity index (χ1) is 23.4. The second-order valence-electron chi connectivity index (χ2n) is 15.5. The van der Waals surface area contributed by atoms with Crippen molar-refractivity contribution in [2.45, 2.75) is 135 Å². The van der Waals surface area contributed by atoms with Crippen LogP contribution in [0.5, 0.6) is 0 Å². The minimum Gasteiger partial charge on any atom is -0.347 e. The molecule has 0 aromatic carbocycles. The second kappa shape index (κ2) is 15.8. The van der Waals surface area contributed by atoms with E-state index in [2.05, 4.69) is 31.2 Å². The van der Waals surface area contributed by atoms with E-state index in [4.69, 9.17) is 0 Å². The Balaban J connectivity index is 1.36. The number of carbonyl (C=O) groups is 6. The summed E-state index contributed by atoms with van der Waals surface area (Å²) >= 11 is 0. The molecule has 13 nitrogen and oxygen atoms in total. The lowest BCUT2D eigenvalue weighted by Gasteiger charge is -2.38. The predicted molar refractivity (Wildman–Crippen MR) is 181 cm³/mol.